The summed E-state index contributed by atoms with van der Waals surface area (Å²) in [6.45, 7) is 3.55. The standard InChI is InChI=1S/C25H27N5O2/c1-16-20(17(2)27-25(32)21(16)15-26)12-13-24(31)28-23-14-22(18-8-6-7-9-18)29-30(23)19-10-4-3-5-11-19/h3-5,10-11,14,18H,6-9,12-13H2,1-2H3,(H,27,32)(H,28,31). The molecule has 32 heavy (non-hydrogen) atoms. The van der Waals surface area contributed by atoms with Gasteiger partial charge >= 0.3 is 0 Å². The zero-order chi connectivity index (χ0) is 22.7. The van der Waals surface area contributed by atoms with Crippen molar-refractivity contribution in [2.75, 3.05) is 5.32 Å². The first kappa shape index (κ1) is 21.6. The molecule has 2 heterocycles. The summed E-state index contributed by atoms with van der Waals surface area (Å²) in [7, 11) is 0. The summed E-state index contributed by atoms with van der Waals surface area (Å²) < 4.78 is 1.80. The lowest BCUT2D eigenvalue weighted by Crippen LogP contribution is -2.19. The largest absolute Gasteiger partial charge is 0.325 e. The van der Waals surface area contributed by atoms with Crippen LogP contribution >= 0.6 is 0 Å². The van der Waals surface area contributed by atoms with Gasteiger partial charge in [0.2, 0.25) is 5.91 Å². The SMILES string of the molecule is Cc1[nH]c(=O)c(C#N)c(C)c1CCC(=O)Nc1cc(C2CCCC2)nn1-c1ccccc1. The van der Waals surface area contributed by atoms with E-state index in [9.17, 15) is 14.9 Å². The maximum absolute atomic E-state index is 12.9. The number of anilines is 1. The summed E-state index contributed by atoms with van der Waals surface area (Å²) in [5.41, 5.74) is 3.80. The molecule has 2 N–H and O–H groups in total. The van der Waals surface area contributed by atoms with Crippen molar-refractivity contribution in [1.29, 1.82) is 5.26 Å². The second-order valence-corrected chi connectivity index (χ2v) is 8.40. The molecular weight excluding hydrogens is 402 g/mol. The molecule has 1 aromatic carbocycles. The van der Waals surface area contributed by atoms with Gasteiger partial charge in [-0.3, -0.25) is 9.59 Å². The Hall–Kier alpha value is -3.66. The van der Waals surface area contributed by atoms with Crippen molar-refractivity contribution in [3.63, 3.8) is 0 Å². The van der Waals surface area contributed by atoms with Crippen molar-refractivity contribution in [3.05, 3.63) is 74.8 Å². The van der Waals surface area contributed by atoms with Crippen LogP contribution in [0.5, 0.6) is 0 Å². The van der Waals surface area contributed by atoms with Gasteiger partial charge < -0.3 is 10.3 Å². The van der Waals surface area contributed by atoms with Gasteiger partial charge in [0, 0.05) is 24.1 Å². The number of hydrogen-bond acceptors (Lipinski definition) is 4. The van der Waals surface area contributed by atoms with Crippen molar-refractivity contribution in [1.82, 2.24) is 14.8 Å². The Balaban J connectivity index is 1.55. The van der Waals surface area contributed by atoms with Crippen LogP contribution in [0.4, 0.5) is 5.82 Å². The van der Waals surface area contributed by atoms with Crippen molar-refractivity contribution < 1.29 is 4.79 Å². The number of aryl methyl sites for hydroxylation is 1. The topological polar surface area (TPSA) is 104 Å². The minimum atomic E-state index is -0.387. The van der Waals surface area contributed by atoms with Crippen LogP contribution in [-0.2, 0) is 11.2 Å². The maximum Gasteiger partial charge on any atom is 0.266 e. The summed E-state index contributed by atoms with van der Waals surface area (Å²) in [4.78, 5) is 27.5. The highest BCUT2D eigenvalue weighted by molar-refractivity contribution is 5.90. The number of amides is 1. The number of nitrogens with one attached hydrogen (secondary N) is 2. The number of aromatic amines is 1. The first-order valence-electron chi connectivity index (χ1n) is 11.1. The molecule has 0 radical (unpaired) electrons. The Morgan fingerprint density at radius 3 is 2.66 bits per heavy atom. The normalized spacial score (nSPS) is 13.8. The number of aromatic nitrogens is 3. The fraction of sp³-hybridized carbons (Fsp3) is 0.360. The summed E-state index contributed by atoms with van der Waals surface area (Å²) in [6, 6.07) is 13.7. The molecule has 7 nitrogen and oxygen atoms in total. The van der Waals surface area contributed by atoms with Crippen LogP contribution in [0.25, 0.3) is 5.69 Å². The molecule has 1 aliphatic carbocycles. The lowest BCUT2D eigenvalue weighted by molar-refractivity contribution is -0.116. The van der Waals surface area contributed by atoms with Crippen LogP contribution in [0.3, 0.4) is 0 Å². The lowest BCUT2D eigenvalue weighted by atomic mass is 9.99. The third kappa shape index (κ3) is 4.35. The summed E-state index contributed by atoms with van der Waals surface area (Å²) in [5, 5.41) is 17.1. The van der Waals surface area contributed by atoms with Crippen LogP contribution in [0.2, 0.25) is 0 Å². The molecule has 1 fully saturated rings. The Morgan fingerprint density at radius 2 is 1.97 bits per heavy atom. The van der Waals surface area contributed by atoms with E-state index in [2.05, 4.69) is 10.3 Å². The Kier molecular flexibility index (Phi) is 6.22. The van der Waals surface area contributed by atoms with Gasteiger partial charge in [-0.15, -0.1) is 0 Å². The number of benzene rings is 1. The van der Waals surface area contributed by atoms with Gasteiger partial charge in [-0.1, -0.05) is 31.0 Å². The number of para-hydroxylation sites is 1. The molecule has 1 aliphatic rings. The monoisotopic (exact) mass is 429 g/mol. The van der Waals surface area contributed by atoms with Gasteiger partial charge in [0.1, 0.15) is 17.5 Å². The Morgan fingerprint density at radius 1 is 1.25 bits per heavy atom. The summed E-state index contributed by atoms with van der Waals surface area (Å²) in [5.74, 6) is 0.964. The molecule has 2 aromatic heterocycles. The number of nitrogens with zero attached hydrogens (tertiary/aromatic N) is 3. The van der Waals surface area contributed by atoms with Gasteiger partial charge in [-0.05, 0) is 56.4 Å². The van der Waals surface area contributed by atoms with E-state index in [1.165, 1.54) is 12.8 Å². The Bertz CT molecular complexity index is 1230. The number of H-pyrrole nitrogens is 1. The molecule has 0 aliphatic heterocycles. The number of carbonyl (C=O) groups is 1. The molecule has 4 rings (SSSR count). The van der Waals surface area contributed by atoms with Gasteiger partial charge in [-0.2, -0.15) is 10.4 Å². The predicted octanol–water partition coefficient (Wildman–Crippen LogP) is 4.28. The molecule has 0 saturated heterocycles. The molecular formula is C25H27N5O2. The molecule has 0 unspecified atom stereocenters. The van der Waals surface area contributed by atoms with E-state index < -0.39 is 0 Å². The third-order valence-electron chi connectivity index (χ3n) is 6.29. The minimum absolute atomic E-state index is 0.106. The highest BCUT2D eigenvalue weighted by Crippen LogP contribution is 2.35. The number of hydrogen-bond donors (Lipinski definition) is 2. The van der Waals surface area contributed by atoms with Gasteiger partial charge in [0.15, 0.2) is 0 Å². The van der Waals surface area contributed by atoms with E-state index in [1.54, 1.807) is 18.5 Å². The zero-order valence-corrected chi connectivity index (χ0v) is 18.4. The highest BCUT2D eigenvalue weighted by atomic mass is 16.1. The highest BCUT2D eigenvalue weighted by Gasteiger charge is 2.22. The average Bonchev–Trinajstić information content (AvgIpc) is 3.44. The number of pyridine rings is 1. The molecule has 1 amide bonds. The van der Waals surface area contributed by atoms with Crippen molar-refractivity contribution in [3.8, 4) is 11.8 Å². The summed E-state index contributed by atoms with van der Waals surface area (Å²) in [6.07, 6.45) is 5.36. The van der Waals surface area contributed by atoms with E-state index in [-0.39, 0.29) is 23.5 Å². The van der Waals surface area contributed by atoms with Crippen LogP contribution in [0.1, 0.15) is 66.1 Å². The van der Waals surface area contributed by atoms with Crippen LogP contribution in [-0.4, -0.2) is 20.7 Å². The number of nitriles is 1. The van der Waals surface area contributed by atoms with Crippen molar-refractivity contribution >= 4 is 11.7 Å². The van der Waals surface area contributed by atoms with Crippen LogP contribution in [0, 0.1) is 25.2 Å². The number of carbonyl (C=O) groups excluding carboxylic acids is 1. The van der Waals surface area contributed by atoms with E-state index in [1.807, 2.05) is 42.5 Å². The fourth-order valence-corrected chi connectivity index (χ4v) is 4.54. The molecule has 0 bridgehead atoms. The van der Waals surface area contributed by atoms with E-state index in [0.29, 0.717) is 29.4 Å². The van der Waals surface area contributed by atoms with Gasteiger partial charge in [-0.25, -0.2) is 4.68 Å². The van der Waals surface area contributed by atoms with Crippen LogP contribution in [0.15, 0.2) is 41.2 Å². The number of rotatable bonds is 6. The zero-order valence-electron chi connectivity index (χ0n) is 18.4. The van der Waals surface area contributed by atoms with Gasteiger partial charge in [0.05, 0.1) is 11.4 Å². The second-order valence-electron chi connectivity index (χ2n) is 8.40. The minimum Gasteiger partial charge on any atom is -0.325 e. The van der Waals surface area contributed by atoms with E-state index >= 15 is 0 Å². The first-order chi connectivity index (χ1) is 15.5. The van der Waals surface area contributed by atoms with E-state index in [4.69, 9.17) is 5.10 Å². The molecule has 1 saturated carbocycles. The maximum atomic E-state index is 12.9. The van der Waals surface area contributed by atoms with Crippen molar-refractivity contribution in [2.24, 2.45) is 0 Å². The average molecular weight is 430 g/mol. The third-order valence-corrected chi connectivity index (χ3v) is 6.29. The quantitative estimate of drug-likeness (QED) is 0.610. The molecule has 0 atom stereocenters. The van der Waals surface area contributed by atoms with Gasteiger partial charge in [0.25, 0.3) is 5.56 Å². The molecule has 0 spiro atoms. The first-order valence-corrected chi connectivity index (χ1v) is 11.1. The van der Waals surface area contributed by atoms with Crippen molar-refractivity contribution in [2.45, 2.75) is 58.3 Å². The fourth-order valence-electron chi connectivity index (χ4n) is 4.54. The smallest absolute Gasteiger partial charge is 0.266 e. The summed E-state index contributed by atoms with van der Waals surface area (Å²) >= 11 is 0. The second kappa shape index (κ2) is 9.23. The van der Waals surface area contributed by atoms with Crippen LogP contribution < -0.4 is 10.9 Å². The van der Waals surface area contributed by atoms with E-state index in [0.717, 1.165) is 29.8 Å². The molecule has 3 aromatic rings. The Labute approximate surface area is 187 Å². The predicted molar refractivity (Wildman–Crippen MR) is 123 cm³/mol. The molecule has 7 heteroatoms. The molecule has 164 valence electrons. The lowest BCUT2D eigenvalue weighted by Gasteiger charge is -2.12.